The molecule has 1 aromatic carbocycles. The molecule has 4 nitrogen and oxygen atoms in total. The first-order chi connectivity index (χ1) is 12.9. The predicted octanol–water partition coefficient (Wildman–Crippen LogP) is 5.98. The van der Waals surface area contributed by atoms with Gasteiger partial charge in [0.25, 0.3) is 10.1 Å². The van der Waals surface area contributed by atoms with Gasteiger partial charge in [-0.1, -0.05) is 65.4 Å². The molecule has 0 aliphatic carbocycles. The van der Waals surface area contributed by atoms with Crippen LogP contribution in [0, 0.1) is 0 Å². The van der Waals surface area contributed by atoms with Crippen molar-refractivity contribution < 1.29 is 17.7 Å². The quantitative estimate of drug-likeness (QED) is 0.292. The molecule has 1 N–H and O–H groups in total. The molecule has 0 amide bonds. The molecule has 0 aromatic heterocycles. The fraction of sp³-hybridized carbons (Fsp3) is 0.727. The summed E-state index contributed by atoms with van der Waals surface area (Å²) in [5.41, 5.74) is 2.71. The monoisotopic (exact) mass is 398 g/mol. The lowest BCUT2D eigenvalue weighted by molar-refractivity contribution is 0.216. The molecule has 0 aliphatic heterocycles. The van der Waals surface area contributed by atoms with Gasteiger partial charge < -0.3 is 4.74 Å². The molecule has 0 spiro atoms. The topological polar surface area (TPSA) is 63.6 Å². The first-order valence-corrected chi connectivity index (χ1v) is 12.2. The molecule has 5 heteroatoms. The molecule has 1 unspecified atom stereocenters. The SMILES string of the molecule is CCCCCCc1ccc(OC(CC)CS(=O)(=O)O)cc1CCCCCC. The van der Waals surface area contributed by atoms with Crippen LogP contribution >= 0.6 is 0 Å². The van der Waals surface area contributed by atoms with Crippen molar-refractivity contribution >= 4 is 10.1 Å². The van der Waals surface area contributed by atoms with Crippen molar-refractivity contribution in [3.8, 4) is 5.75 Å². The second kappa shape index (κ2) is 13.2. The number of hydrogen-bond donors (Lipinski definition) is 1. The number of benzene rings is 1. The predicted molar refractivity (Wildman–Crippen MR) is 113 cm³/mol. The molecule has 0 radical (unpaired) electrons. The van der Waals surface area contributed by atoms with Gasteiger partial charge in [-0.25, -0.2) is 0 Å². The van der Waals surface area contributed by atoms with E-state index in [9.17, 15) is 8.42 Å². The standard InChI is InChI=1S/C22H38O4S/c1-4-7-9-11-13-19-15-16-22(17-20(19)14-12-10-8-5-2)26-21(6-3)18-27(23,24)25/h15-17,21H,4-14,18H2,1-3H3,(H,23,24,25). The van der Waals surface area contributed by atoms with Crippen molar-refractivity contribution in [2.45, 2.75) is 97.5 Å². The molecule has 1 aromatic rings. The van der Waals surface area contributed by atoms with Gasteiger partial charge in [0.05, 0.1) is 0 Å². The lowest BCUT2D eigenvalue weighted by atomic mass is 9.96. The first-order valence-electron chi connectivity index (χ1n) is 10.6. The maximum Gasteiger partial charge on any atom is 0.268 e. The molecule has 1 rings (SSSR count). The Balaban J connectivity index is 2.82. The number of hydrogen-bond acceptors (Lipinski definition) is 3. The van der Waals surface area contributed by atoms with E-state index in [1.54, 1.807) is 0 Å². The fourth-order valence-electron chi connectivity index (χ4n) is 3.30. The Kier molecular flexibility index (Phi) is 11.7. The van der Waals surface area contributed by atoms with Crippen LogP contribution in [0.2, 0.25) is 0 Å². The van der Waals surface area contributed by atoms with Gasteiger partial charge in [0.2, 0.25) is 0 Å². The molecule has 0 bridgehead atoms. The summed E-state index contributed by atoms with van der Waals surface area (Å²) in [7, 11) is -4.04. The third kappa shape index (κ3) is 10.7. The Morgan fingerprint density at radius 3 is 2.00 bits per heavy atom. The Morgan fingerprint density at radius 2 is 1.48 bits per heavy atom. The van der Waals surface area contributed by atoms with Gasteiger partial charge in [-0.3, -0.25) is 4.55 Å². The lowest BCUT2D eigenvalue weighted by Gasteiger charge is -2.18. The van der Waals surface area contributed by atoms with Crippen LogP contribution in [0.1, 0.15) is 89.7 Å². The Morgan fingerprint density at radius 1 is 0.889 bits per heavy atom. The van der Waals surface area contributed by atoms with E-state index in [0.717, 1.165) is 12.8 Å². The fourth-order valence-corrected chi connectivity index (χ4v) is 4.07. The van der Waals surface area contributed by atoms with E-state index in [1.165, 1.54) is 62.5 Å². The van der Waals surface area contributed by atoms with Crippen molar-refractivity contribution in [3.05, 3.63) is 29.3 Å². The Hall–Kier alpha value is -1.07. The van der Waals surface area contributed by atoms with E-state index in [2.05, 4.69) is 26.0 Å². The molecule has 0 saturated heterocycles. The minimum Gasteiger partial charge on any atom is -0.489 e. The van der Waals surface area contributed by atoms with Crippen molar-refractivity contribution in [1.82, 2.24) is 0 Å². The normalized spacial score (nSPS) is 12.9. The molecule has 1 atom stereocenters. The highest BCUT2D eigenvalue weighted by Crippen LogP contribution is 2.24. The number of rotatable bonds is 15. The average molecular weight is 399 g/mol. The van der Waals surface area contributed by atoms with E-state index < -0.39 is 16.2 Å². The summed E-state index contributed by atoms with van der Waals surface area (Å²) in [4.78, 5) is 0. The van der Waals surface area contributed by atoms with Gasteiger partial charge >= 0.3 is 0 Å². The average Bonchev–Trinajstić information content (AvgIpc) is 2.62. The first kappa shape index (κ1) is 24.0. The van der Waals surface area contributed by atoms with Crippen molar-refractivity contribution in [3.63, 3.8) is 0 Å². The molecule has 0 aliphatic rings. The van der Waals surface area contributed by atoms with Gasteiger partial charge in [0.15, 0.2) is 0 Å². The summed E-state index contributed by atoms with van der Waals surface area (Å²) in [5, 5.41) is 0. The van der Waals surface area contributed by atoms with Crippen molar-refractivity contribution in [1.29, 1.82) is 0 Å². The van der Waals surface area contributed by atoms with E-state index in [-0.39, 0.29) is 5.75 Å². The van der Waals surface area contributed by atoms with Crippen molar-refractivity contribution in [2.24, 2.45) is 0 Å². The second-order valence-corrected chi connectivity index (χ2v) is 8.95. The highest BCUT2D eigenvalue weighted by Gasteiger charge is 2.17. The summed E-state index contributed by atoms with van der Waals surface area (Å²) in [6.45, 7) is 6.30. The van der Waals surface area contributed by atoms with Gasteiger partial charge in [-0.2, -0.15) is 8.42 Å². The van der Waals surface area contributed by atoms with Gasteiger partial charge in [-0.05, 0) is 55.4 Å². The third-order valence-electron chi connectivity index (χ3n) is 4.93. The highest BCUT2D eigenvalue weighted by atomic mass is 32.2. The van der Waals surface area contributed by atoms with Crippen LogP contribution in [0.15, 0.2) is 18.2 Å². The van der Waals surface area contributed by atoms with E-state index in [0.29, 0.717) is 12.2 Å². The van der Waals surface area contributed by atoms with E-state index in [1.807, 2.05) is 13.0 Å². The zero-order valence-electron chi connectivity index (χ0n) is 17.4. The zero-order valence-corrected chi connectivity index (χ0v) is 18.2. The smallest absolute Gasteiger partial charge is 0.268 e. The van der Waals surface area contributed by atoms with Gasteiger partial charge in [-0.15, -0.1) is 0 Å². The van der Waals surface area contributed by atoms with Crippen LogP contribution in [0.3, 0.4) is 0 Å². The van der Waals surface area contributed by atoms with E-state index >= 15 is 0 Å². The summed E-state index contributed by atoms with van der Waals surface area (Å²) in [5.74, 6) is 0.335. The second-order valence-electron chi connectivity index (χ2n) is 7.45. The number of ether oxygens (including phenoxy) is 1. The summed E-state index contributed by atoms with van der Waals surface area (Å²) < 4.78 is 37.3. The Labute approximate surface area is 166 Å². The summed E-state index contributed by atoms with van der Waals surface area (Å²) in [6.07, 6.45) is 12.0. The van der Waals surface area contributed by atoms with Gasteiger partial charge in [0, 0.05) is 0 Å². The summed E-state index contributed by atoms with van der Waals surface area (Å²) in [6, 6.07) is 6.15. The van der Waals surface area contributed by atoms with Crippen molar-refractivity contribution in [2.75, 3.05) is 5.75 Å². The molecule has 0 saturated carbocycles. The maximum absolute atomic E-state index is 11.2. The zero-order chi connectivity index (χ0) is 20.1. The lowest BCUT2D eigenvalue weighted by Crippen LogP contribution is -2.25. The Bertz CT molecular complexity index is 625. The molecular formula is C22H38O4S. The maximum atomic E-state index is 11.2. The van der Waals surface area contributed by atoms with Crippen LogP contribution in [0.25, 0.3) is 0 Å². The number of unbranched alkanes of at least 4 members (excludes halogenated alkanes) is 6. The minimum absolute atomic E-state index is 0.367. The number of aryl methyl sites for hydroxylation is 2. The largest absolute Gasteiger partial charge is 0.489 e. The van der Waals surface area contributed by atoms with Crippen LogP contribution in [-0.4, -0.2) is 24.8 Å². The van der Waals surface area contributed by atoms with Gasteiger partial charge in [0.1, 0.15) is 17.6 Å². The highest BCUT2D eigenvalue weighted by molar-refractivity contribution is 7.85. The molecule has 27 heavy (non-hydrogen) atoms. The molecule has 0 heterocycles. The third-order valence-corrected chi connectivity index (χ3v) is 5.72. The van der Waals surface area contributed by atoms with Crippen LogP contribution < -0.4 is 4.74 Å². The minimum atomic E-state index is -4.04. The molecule has 0 fully saturated rings. The van der Waals surface area contributed by atoms with Crippen LogP contribution in [-0.2, 0) is 23.0 Å². The molecular weight excluding hydrogens is 360 g/mol. The van der Waals surface area contributed by atoms with Crippen LogP contribution in [0.5, 0.6) is 5.75 Å². The summed E-state index contributed by atoms with van der Waals surface area (Å²) >= 11 is 0. The molecule has 156 valence electrons. The van der Waals surface area contributed by atoms with Crippen LogP contribution in [0.4, 0.5) is 0 Å². The van der Waals surface area contributed by atoms with E-state index in [4.69, 9.17) is 9.29 Å².